The second-order valence-corrected chi connectivity index (χ2v) is 7.20. The molecule has 2 aromatic rings. The van der Waals surface area contributed by atoms with Gasteiger partial charge in [0, 0.05) is 13.1 Å². The fraction of sp³-hybridized carbons (Fsp3) is 0.368. The Morgan fingerprint density at radius 1 is 1.07 bits per heavy atom. The summed E-state index contributed by atoms with van der Waals surface area (Å²) in [6, 6.07) is 6.34. The summed E-state index contributed by atoms with van der Waals surface area (Å²) in [6.45, 7) is 4.28. The lowest BCUT2D eigenvalue weighted by atomic mass is 9.99. The average molecular weight is 381 g/mol. The van der Waals surface area contributed by atoms with Crippen LogP contribution in [0.15, 0.2) is 29.1 Å². The zero-order valence-electron chi connectivity index (χ0n) is 15.3. The van der Waals surface area contributed by atoms with Crippen LogP contribution in [0.5, 0.6) is 0 Å². The third-order valence-electron chi connectivity index (χ3n) is 5.46. The number of H-pyrrole nitrogens is 1. The third kappa shape index (κ3) is 2.43. The first-order valence-corrected chi connectivity index (χ1v) is 9.22. The van der Waals surface area contributed by atoms with Crippen molar-refractivity contribution < 1.29 is 14.3 Å². The number of carbonyl (C=O) groups is 2. The van der Waals surface area contributed by atoms with Crippen molar-refractivity contribution in [2.24, 2.45) is 0 Å². The predicted molar refractivity (Wildman–Crippen MR) is 102 cm³/mol. The van der Waals surface area contributed by atoms with Crippen LogP contribution in [0.2, 0.25) is 0 Å². The van der Waals surface area contributed by atoms with Gasteiger partial charge in [0.05, 0.1) is 24.5 Å². The van der Waals surface area contributed by atoms with Crippen LogP contribution in [-0.4, -0.2) is 54.1 Å². The van der Waals surface area contributed by atoms with Gasteiger partial charge >= 0.3 is 0 Å². The van der Waals surface area contributed by atoms with Gasteiger partial charge in [-0.15, -0.1) is 0 Å². The van der Waals surface area contributed by atoms with Crippen LogP contribution in [0.1, 0.15) is 17.0 Å². The number of ether oxygens (including phenoxy) is 1. The summed E-state index contributed by atoms with van der Waals surface area (Å²) in [5.41, 5.74) is 1.38. The highest BCUT2D eigenvalue weighted by atomic mass is 16.5. The molecule has 0 saturated carbocycles. The van der Waals surface area contributed by atoms with E-state index in [0.717, 1.165) is 10.5 Å². The molecule has 1 aromatic carbocycles. The second-order valence-electron chi connectivity index (χ2n) is 7.20. The van der Waals surface area contributed by atoms with E-state index in [9.17, 15) is 14.4 Å². The molecule has 0 bridgehead atoms. The highest BCUT2D eigenvalue weighted by molar-refractivity contribution is 6.27. The van der Waals surface area contributed by atoms with Gasteiger partial charge in [0.2, 0.25) is 11.9 Å². The number of hydrogen-bond acceptors (Lipinski definition) is 7. The maximum absolute atomic E-state index is 13.0. The Bertz CT molecular complexity index is 1030. The Hall–Kier alpha value is -3.20. The fourth-order valence-electron chi connectivity index (χ4n) is 4.00. The van der Waals surface area contributed by atoms with E-state index in [4.69, 9.17) is 4.74 Å². The number of rotatable bonds is 2. The van der Waals surface area contributed by atoms with Crippen molar-refractivity contribution in [2.45, 2.75) is 18.9 Å². The normalized spacial score (nSPS) is 23.6. The van der Waals surface area contributed by atoms with Crippen LogP contribution >= 0.6 is 0 Å². The molecule has 0 aliphatic carbocycles. The lowest BCUT2D eigenvalue weighted by molar-refractivity contribution is -0.121. The Morgan fingerprint density at radius 3 is 2.50 bits per heavy atom. The van der Waals surface area contributed by atoms with Crippen LogP contribution in [0.3, 0.4) is 0 Å². The molecule has 28 heavy (non-hydrogen) atoms. The molecular weight excluding hydrogens is 362 g/mol. The first-order chi connectivity index (χ1) is 13.5. The van der Waals surface area contributed by atoms with Crippen LogP contribution in [0.25, 0.3) is 0 Å². The van der Waals surface area contributed by atoms with E-state index < -0.39 is 23.4 Å². The minimum atomic E-state index is -0.862. The van der Waals surface area contributed by atoms with Gasteiger partial charge in [-0.05, 0) is 19.1 Å². The van der Waals surface area contributed by atoms with Crippen molar-refractivity contribution in [3.63, 3.8) is 0 Å². The molecular formula is C19H19N5O4. The molecule has 144 valence electrons. The molecule has 2 atom stereocenters. The molecule has 2 fully saturated rings. The molecule has 2 amide bonds. The summed E-state index contributed by atoms with van der Waals surface area (Å²) in [6.07, 6.45) is 0. The number of carbonyl (C=O) groups excluding carboxylic acids is 2. The van der Waals surface area contributed by atoms with Gasteiger partial charge in [-0.1, -0.05) is 17.7 Å². The van der Waals surface area contributed by atoms with Gasteiger partial charge in [-0.2, -0.15) is 4.98 Å². The zero-order chi connectivity index (χ0) is 19.4. The van der Waals surface area contributed by atoms with Crippen molar-refractivity contribution in [3.05, 3.63) is 45.7 Å². The van der Waals surface area contributed by atoms with Gasteiger partial charge in [-0.25, -0.2) is 4.90 Å². The molecule has 5 rings (SSSR count). The molecule has 2 N–H and O–H groups in total. The lowest BCUT2D eigenvalue weighted by Gasteiger charge is -2.27. The molecule has 3 aliphatic rings. The summed E-state index contributed by atoms with van der Waals surface area (Å²) >= 11 is 0. The minimum Gasteiger partial charge on any atom is -0.378 e. The number of hydrogen-bond donors (Lipinski definition) is 2. The van der Waals surface area contributed by atoms with Crippen LogP contribution < -0.4 is 20.7 Å². The highest BCUT2D eigenvalue weighted by Crippen LogP contribution is 2.41. The number of aryl methyl sites for hydroxylation is 1. The monoisotopic (exact) mass is 381 g/mol. The molecule has 3 aliphatic heterocycles. The number of nitrogens with zero attached hydrogens (tertiary/aromatic N) is 3. The maximum atomic E-state index is 13.0. The van der Waals surface area contributed by atoms with E-state index in [2.05, 4.69) is 15.3 Å². The van der Waals surface area contributed by atoms with Gasteiger partial charge in [0.1, 0.15) is 17.8 Å². The van der Waals surface area contributed by atoms with Crippen LogP contribution in [0.4, 0.5) is 17.5 Å². The predicted octanol–water partition coefficient (Wildman–Crippen LogP) is 0.366. The molecule has 2 saturated heterocycles. The number of morpholine rings is 1. The standard InChI is InChI=1S/C19H19N5O4/c1-10-2-4-11(5-3-10)24-17(26)12-13-15(20-14(12)18(24)27)21-19(22-16(13)25)23-6-8-28-9-7-23/h2-5,12,14H,6-9H2,1H3,(H2,20,21,22,25). The number of aromatic nitrogens is 2. The number of anilines is 3. The van der Waals surface area contributed by atoms with E-state index in [1.807, 2.05) is 24.0 Å². The molecule has 4 heterocycles. The lowest BCUT2D eigenvalue weighted by Crippen LogP contribution is -2.39. The summed E-state index contributed by atoms with van der Waals surface area (Å²) in [7, 11) is 0. The first-order valence-electron chi connectivity index (χ1n) is 9.22. The number of amides is 2. The Morgan fingerprint density at radius 2 is 1.79 bits per heavy atom. The highest BCUT2D eigenvalue weighted by Gasteiger charge is 2.55. The summed E-state index contributed by atoms with van der Waals surface area (Å²) in [5, 5.41) is 3.01. The molecule has 0 radical (unpaired) electrons. The summed E-state index contributed by atoms with van der Waals surface area (Å²) in [5.74, 6) is -0.903. The van der Waals surface area contributed by atoms with E-state index in [1.54, 1.807) is 12.1 Å². The van der Waals surface area contributed by atoms with E-state index in [1.165, 1.54) is 0 Å². The van der Waals surface area contributed by atoms with E-state index in [0.29, 0.717) is 43.8 Å². The SMILES string of the molecule is Cc1ccc(N2C(=O)C3Nc4nc(N5CCOCC5)[nH]c(=O)c4C3C2=O)cc1. The fourth-order valence-corrected chi connectivity index (χ4v) is 4.00. The smallest absolute Gasteiger partial charge is 0.258 e. The Labute approximate surface area is 160 Å². The maximum Gasteiger partial charge on any atom is 0.258 e. The van der Waals surface area contributed by atoms with Crippen molar-refractivity contribution in [1.82, 2.24) is 9.97 Å². The van der Waals surface area contributed by atoms with E-state index >= 15 is 0 Å². The largest absolute Gasteiger partial charge is 0.378 e. The van der Waals surface area contributed by atoms with Crippen molar-refractivity contribution in [3.8, 4) is 0 Å². The average Bonchev–Trinajstić information content (AvgIpc) is 3.20. The Balaban J connectivity index is 1.51. The van der Waals surface area contributed by atoms with Crippen LogP contribution in [-0.2, 0) is 14.3 Å². The molecule has 2 unspecified atom stereocenters. The van der Waals surface area contributed by atoms with Crippen molar-refractivity contribution in [2.75, 3.05) is 41.4 Å². The summed E-state index contributed by atoms with van der Waals surface area (Å²) < 4.78 is 5.32. The quantitative estimate of drug-likeness (QED) is 0.724. The molecule has 9 heteroatoms. The zero-order valence-corrected chi connectivity index (χ0v) is 15.3. The minimum absolute atomic E-state index is 0.231. The first kappa shape index (κ1) is 16.9. The molecule has 9 nitrogen and oxygen atoms in total. The number of benzene rings is 1. The van der Waals surface area contributed by atoms with Gasteiger partial charge < -0.3 is 15.0 Å². The van der Waals surface area contributed by atoms with Gasteiger partial charge in [0.25, 0.3) is 11.5 Å². The number of fused-ring (bicyclic) bond motifs is 3. The number of nitrogens with one attached hydrogen (secondary N) is 2. The Kier molecular flexibility index (Phi) is 3.73. The van der Waals surface area contributed by atoms with Gasteiger partial charge in [0.15, 0.2) is 0 Å². The van der Waals surface area contributed by atoms with E-state index in [-0.39, 0.29) is 11.5 Å². The second kappa shape index (κ2) is 6.16. The summed E-state index contributed by atoms with van der Waals surface area (Å²) in [4.78, 5) is 49.1. The number of aromatic amines is 1. The van der Waals surface area contributed by atoms with Crippen molar-refractivity contribution in [1.29, 1.82) is 0 Å². The molecule has 0 spiro atoms. The number of imide groups is 1. The topological polar surface area (TPSA) is 108 Å². The van der Waals surface area contributed by atoms with Gasteiger partial charge in [-0.3, -0.25) is 19.4 Å². The van der Waals surface area contributed by atoms with Crippen LogP contribution in [0, 0.1) is 6.92 Å². The molecule has 1 aromatic heterocycles. The van der Waals surface area contributed by atoms with Crippen molar-refractivity contribution >= 4 is 29.3 Å². The third-order valence-corrected chi connectivity index (χ3v) is 5.46.